The van der Waals surface area contributed by atoms with Crippen LogP contribution in [0.2, 0.25) is 5.15 Å². The number of pyridine rings is 1. The van der Waals surface area contributed by atoms with Crippen molar-refractivity contribution >= 4 is 49.0 Å². The van der Waals surface area contributed by atoms with E-state index in [9.17, 15) is 13.2 Å². The van der Waals surface area contributed by atoms with Crippen LogP contribution in [0.15, 0.2) is 16.7 Å². The molecule has 1 N–H and O–H groups in total. The number of anilines is 1. The lowest BCUT2D eigenvalue weighted by molar-refractivity contribution is -0.117. The Bertz CT molecular complexity index is 587. The molecule has 1 rings (SSSR count). The van der Waals surface area contributed by atoms with Crippen LogP contribution in [0.4, 0.5) is 5.69 Å². The van der Waals surface area contributed by atoms with Crippen LogP contribution in [0.1, 0.15) is 13.8 Å². The number of nitrogens with zero attached hydrogens (tertiary/aromatic N) is 1. The van der Waals surface area contributed by atoms with Gasteiger partial charge in [0.05, 0.1) is 16.4 Å². The first-order valence-corrected chi connectivity index (χ1v) is 7.94. The quantitative estimate of drug-likeness (QED) is 0.844. The zero-order valence-corrected chi connectivity index (χ0v) is 13.1. The van der Waals surface area contributed by atoms with Crippen LogP contribution < -0.4 is 5.32 Å². The minimum Gasteiger partial charge on any atom is -0.323 e. The second-order valence-electron chi connectivity index (χ2n) is 4.23. The Kier molecular flexibility index (Phi) is 4.40. The predicted molar refractivity (Wildman–Crippen MR) is 74.5 cm³/mol. The fourth-order valence-electron chi connectivity index (χ4n) is 0.940. The summed E-state index contributed by atoms with van der Waals surface area (Å²) >= 11 is 8.88. The Hall–Kier alpha value is -0.660. The third-order valence-electron chi connectivity index (χ3n) is 2.53. The number of carbonyl (C=O) groups is 1. The van der Waals surface area contributed by atoms with Gasteiger partial charge < -0.3 is 5.32 Å². The van der Waals surface area contributed by atoms with E-state index in [1.807, 2.05) is 0 Å². The van der Waals surface area contributed by atoms with Crippen LogP contribution in [0.5, 0.6) is 0 Å². The number of amides is 1. The monoisotopic (exact) mass is 354 g/mol. The summed E-state index contributed by atoms with van der Waals surface area (Å²) in [6, 6.07) is 1.55. The maximum atomic E-state index is 11.9. The SMILES string of the molecule is CC(C)(C(=O)Nc1cnc(Cl)c(Br)c1)S(C)(=O)=O. The van der Waals surface area contributed by atoms with E-state index in [4.69, 9.17) is 11.6 Å². The van der Waals surface area contributed by atoms with Crippen LogP contribution in [-0.4, -0.2) is 30.3 Å². The maximum absolute atomic E-state index is 11.9. The third kappa shape index (κ3) is 3.21. The normalized spacial score (nSPS) is 12.3. The lowest BCUT2D eigenvalue weighted by Crippen LogP contribution is -2.43. The molecule has 0 fully saturated rings. The number of halogens is 2. The molecule has 0 aliphatic rings. The second-order valence-corrected chi connectivity index (χ2v) is 8.01. The van der Waals surface area contributed by atoms with Crippen molar-refractivity contribution in [3.8, 4) is 0 Å². The van der Waals surface area contributed by atoms with E-state index in [2.05, 4.69) is 26.2 Å². The first kappa shape index (κ1) is 15.4. The summed E-state index contributed by atoms with van der Waals surface area (Å²) in [5.74, 6) is -0.624. The Balaban J connectivity index is 2.99. The van der Waals surface area contributed by atoms with Crippen molar-refractivity contribution in [3.63, 3.8) is 0 Å². The molecule has 0 unspecified atom stereocenters. The number of aromatic nitrogens is 1. The Labute approximate surface area is 119 Å². The molecule has 0 atom stereocenters. The van der Waals surface area contributed by atoms with Gasteiger partial charge in [0.15, 0.2) is 9.84 Å². The molecule has 0 spiro atoms. The molecule has 0 aliphatic carbocycles. The van der Waals surface area contributed by atoms with Crippen molar-refractivity contribution < 1.29 is 13.2 Å². The van der Waals surface area contributed by atoms with Gasteiger partial charge in [-0.25, -0.2) is 13.4 Å². The van der Waals surface area contributed by atoms with Crippen LogP contribution in [0.25, 0.3) is 0 Å². The van der Waals surface area contributed by atoms with E-state index in [-0.39, 0.29) is 5.15 Å². The summed E-state index contributed by atoms with van der Waals surface area (Å²) in [4.78, 5) is 15.7. The molecular formula is C10H12BrClN2O3S. The van der Waals surface area contributed by atoms with Gasteiger partial charge in [0.25, 0.3) is 0 Å². The highest BCUT2D eigenvalue weighted by molar-refractivity contribution is 9.10. The molecule has 0 aromatic carbocycles. The van der Waals surface area contributed by atoms with Crippen LogP contribution in [0, 0.1) is 0 Å². The fraction of sp³-hybridized carbons (Fsp3) is 0.400. The van der Waals surface area contributed by atoms with Gasteiger partial charge in [-0.2, -0.15) is 0 Å². The van der Waals surface area contributed by atoms with Crippen LogP contribution in [0.3, 0.4) is 0 Å². The average Bonchev–Trinajstić information content (AvgIpc) is 2.21. The van der Waals surface area contributed by atoms with Gasteiger partial charge in [-0.1, -0.05) is 11.6 Å². The lowest BCUT2D eigenvalue weighted by atomic mass is 10.2. The number of rotatable bonds is 3. The van der Waals surface area contributed by atoms with Crippen LogP contribution in [-0.2, 0) is 14.6 Å². The number of hydrogen-bond donors (Lipinski definition) is 1. The topological polar surface area (TPSA) is 76.1 Å². The summed E-state index contributed by atoms with van der Waals surface area (Å²) in [5, 5.41) is 2.75. The summed E-state index contributed by atoms with van der Waals surface area (Å²) in [5.41, 5.74) is 0.369. The molecule has 0 radical (unpaired) electrons. The largest absolute Gasteiger partial charge is 0.323 e. The average molecular weight is 356 g/mol. The zero-order chi connectivity index (χ0) is 14.1. The van der Waals surface area contributed by atoms with Gasteiger partial charge in [-0.05, 0) is 35.8 Å². The third-order valence-corrected chi connectivity index (χ3v) is 5.70. The van der Waals surface area contributed by atoms with Gasteiger partial charge in [0.2, 0.25) is 5.91 Å². The molecule has 0 bridgehead atoms. The summed E-state index contributed by atoms with van der Waals surface area (Å²) < 4.78 is 22.0. The molecule has 8 heteroatoms. The molecule has 5 nitrogen and oxygen atoms in total. The summed E-state index contributed by atoms with van der Waals surface area (Å²) in [6.07, 6.45) is 2.37. The first-order chi connectivity index (χ1) is 8.05. The maximum Gasteiger partial charge on any atom is 0.245 e. The molecule has 0 saturated heterocycles. The van der Waals surface area contributed by atoms with E-state index in [0.29, 0.717) is 10.2 Å². The van der Waals surface area contributed by atoms with E-state index in [0.717, 1.165) is 6.26 Å². The summed E-state index contributed by atoms with van der Waals surface area (Å²) in [6.45, 7) is 2.69. The van der Waals surface area contributed by atoms with Gasteiger partial charge in [0, 0.05) is 6.26 Å². The van der Waals surface area contributed by atoms with Crippen molar-refractivity contribution in [1.29, 1.82) is 0 Å². The van der Waals surface area contributed by atoms with Crippen molar-refractivity contribution in [2.75, 3.05) is 11.6 Å². The minimum absolute atomic E-state index is 0.260. The van der Waals surface area contributed by atoms with E-state index < -0.39 is 20.5 Å². The molecule has 100 valence electrons. The van der Waals surface area contributed by atoms with Crippen molar-refractivity contribution in [1.82, 2.24) is 4.98 Å². The molecule has 1 heterocycles. The number of sulfone groups is 1. The lowest BCUT2D eigenvalue weighted by Gasteiger charge is -2.21. The molecule has 0 saturated carbocycles. The molecular weight excluding hydrogens is 344 g/mol. The number of carbonyl (C=O) groups excluding carboxylic acids is 1. The molecule has 1 aromatic heterocycles. The van der Waals surface area contributed by atoms with E-state index in [1.54, 1.807) is 6.07 Å². The number of hydrogen-bond acceptors (Lipinski definition) is 4. The van der Waals surface area contributed by atoms with Gasteiger partial charge >= 0.3 is 0 Å². The molecule has 1 amide bonds. The Morgan fingerprint density at radius 1 is 1.50 bits per heavy atom. The number of nitrogens with one attached hydrogen (secondary N) is 1. The van der Waals surface area contributed by atoms with Crippen molar-refractivity contribution in [2.24, 2.45) is 0 Å². The zero-order valence-electron chi connectivity index (χ0n) is 9.99. The van der Waals surface area contributed by atoms with E-state index in [1.165, 1.54) is 20.0 Å². The first-order valence-electron chi connectivity index (χ1n) is 4.88. The fourth-order valence-corrected chi connectivity index (χ4v) is 1.78. The standard InChI is InChI=1S/C10H12BrClN2O3S/c1-10(2,18(3,16)17)9(15)14-6-4-7(11)8(12)13-5-6/h4-5H,1-3H3,(H,14,15). The highest BCUT2D eigenvalue weighted by Crippen LogP contribution is 2.24. The van der Waals surface area contributed by atoms with Crippen LogP contribution >= 0.6 is 27.5 Å². The van der Waals surface area contributed by atoms with Crippen molar-refractivity contribution in [2.45, 2.75) is 18.6 Å². The highest BCUT2D eigenvalue weighted by Gasteiger charge is 2.38. The van der Waals surface area contributed by atoms with Gasteiger partial charge in [-0.3, -0.25) is 4.79 Å². The van der Waals surface area contributed by atoms with Gasteiger partial charge in [0.1, 0.15) is 9.90 Å². The predicted octanol–water partition coefficient (Wildman–Crippen LogP) is 2.26. The minimum atomic E-state index is -3.51. The molecule has 18 heavy (non-hydrogen) atoms. The van der Waals surface area contributed by atoms with E-state index >= 15 is 0 Å². The van der Waals surface area contributed by atoms with Crippen molar-refractivity contribution in [3.05, 3.63) is 21.9 Å². The molecule has 0 aliphatic heterocycles. The summed E-state index contributed by atoms with van der Waals surface area (Å²) in [7, 11) is -3.51. The van der Waals surface area contributed by atoms with Gasteiger partial charge in [-0.15, -0.1) is 0 Å². The smallest absolute Gasteiger partial charge is 0.245 e. The highest BCUT2D eigenvalue weighted by atomic mass is 79.9. The molecule has 1 aromatic rings. The Morgan fingerprint density at radius 3 is 2.50 bits per heavy atom. The second kappa shape index (κ2) is 5.14. The Morgan fingerprint density at radius 2 is 2.06 bits per heavy atom.